The van der Waals surface area contributed by atoms with Crippen LogP contribution in [0.3, 0.4) is 0 Å². The van der Waals surface area contributed by atoms with E-state index in [2.05, 4.69) is 5.10 Å². The van der Waals surface area contributed by atoms with Gasteiger partial charge in [0, 0.05) is 0 Å². The molecule has 2 aromatic rings. The van der Waals surface area contributed by atoms with Crippen molar-refractivity contribution >= 4 is 11.6 Å². The monoisotopic (exact) mass is 415 g/mol. The number of anilines is 1. The van der Waals surface area contributed by atoms with E-state index in [4.69, 9.17) is 0 Å². The summed E-state index contributed by atoms with van der Waals surface area (Å²) in [5, 5.41) is 5.33. The number of alkyl halides is 7. The summed E-state index contributed by atoms with van der Waals surface area (Å²) in [5.74, 6) is -15.9. The van der Waals surface area contributed by atoms with Crippen LogP contribution in [-0.4, -0.2) is 33.7 Å². The Labute approximate surface area is 153 Å². The second-order valence-electron chi connectivity index (χ2n) is 5.93. The lowest BCUT2D eigenvalue weighted by atomic mass is 10.1. The lowest BCUT2D eigenvalue weighted by molar-refractivity contribution is -0.343. The van der Waals surface area contributed by atoms with Gasteiger partial charge >= 0.3 is 23.9 Å². The molecule has 1 heterocycles. The zero-order valence-electron chi connectivity index (χ0n) is 14.3. The number of aryl methyl sites for hydroxylation is 1. The number of halogens is 8. The Kier molecular flexibility index (Phi) is 5.46. The van der Waals surface area contributed by atoms with Crippen molar-refractivity contribution in [2.75, 3.05) is 5.32 Å². The third-order valence-electron chi connectivity index (χ3n) is 3.90. The lowest BCUT2D eigenvalue weighted by Gasteiger charge is -2.27. The van der Waals surface area contributed by atoms with Crippen molar-refractivity contribution < 1.29 is 39.9 Å². The molecule has 12 heteroatoms. The third kappa shape index (κ3) is 3.80. The first kappa shape index (κ1) is 21.6. The van der Waals surface area contributed by atoms with Crippen molar-refractivity contribution in [3.63, 3.8) is 0 Å². The quantitative estimate of drug-likeness (QED) is 0.734. The maximum absolute atomic E-state index is 13.5. The summed E-state index contributed by atoms with van der Waals surface area (Å²) in [6.07, 6.45) is -6.62. The Hall–Kier alpha value is -2.66. The predicted octanol–water partition coefficient (Wildman–Crippen LogP) is 4.46. The van der Waals surface area contributed by atoms with Gasteiger partial charge in [0.05, 0.1) is 23.6 Å². The van der Waals surface area contributed by atoms with Crippen LogP contribution in [0, 0.1) is 19.7 Å². The minimum atomic E-state index is -6.62. The molecule has 4 nitrogen and oxygen atoms in total. The van der Waals surface area contributed by atoms with Gasteiger partial charge in [0.15, 0.2) is 0 Å². The van der Waals surface area contributed by atoms with Crippen molar-refractivity contribution in [1.29, 1.82) is 0 Å². The van der Waals surface area contributed by atoms with E-state index < -0.39 is 35.4 Å². The van der Waals surface area contributed by atoms with Crippen LogP contribution in [0.4, 0.5) is 40.8 Å². The molecule has 0 atom stereocenters. The van der Waals surface area contributed by atoms with Gasteiger partial charge in [0.1, 0.15) is 5.82 Å². The van der Waals surface area contributed by atoms with E-state index in [1.54, 1.807) is 0 Å². The maximum atomic E-state index is 13.5. The van der Waals surface area contributed by atoms with Gasteiger partial charge in [-0.3, -0.25) is 9.48 Å². The molecule has 2 rings (SSSR count). The van der Waals surface area contributed by atoms with Gasteiger partial charge in [-0.1, -0.05) is 12.1 Å². The molecule has 0 spiro atoms. The first-order valence-corrected chi connectivity index (χ1v) is 7.60. The van der Waals surface area contributed by atoms with E-state index in [9.17, 15) is 39.9 Å². The zero-order chi connectivity index (χ0) is 21.5. The number of carbonyl (C=O) groups is 1. The molecule has 1 aromatic heterocycles. The Morgan fingerprint density at radius 1 is 1.04 bits per heavy atom. The highest BCUT2D eigenvalue weighted by Gasteiger charge is 2.76. The van der Waals surface area contributed by atoms with Crippen molar-refractivity contribution in [2.24, 2.45) is 0 Å². The van der Waals surface area contributed by atoms with Crippen LogP contribution in [0.2, 0.25) is 0 Å². The van der Waals surface area contributed by atoms with Crippen LogP contribution in [0.5, 0.6) is 0 Å². The summed E-state index contributed by atoms with van der Waals surface area (Å²) in [6.45, 7) is 2.54. The highest BCUT2D eigenvalue weighted by atomic mass is 19.4. The maximum Gasteiger partial charge on any atom is 0.460 e. The number of amides is 1. The molecule has 0 saturated carbocycles. The molecule has 0 saturated heterocycles. The van der Waals surface area contributed by atoms with Gasteiger partial charge in [0.25, 0.3) is 0 Å². The molecule has 28 heavy (non-hydrogen) atoms. The number of hydrogen-bond acceptors (Lipinski definition) is 2. The van der Waals surface area contributed by atoms with Crippen LogP contribution >= 0.6 is 0 Å². The standard InChI is InChI=1S/C16H13F8N3O/c1-8-12(25-13(28)14(18,19)15(20,21)16(22,23)24)9(2)27(26-8)7-10-3-5-11(17)6-4-10/h3-6H,7H2,1-2H3,(H,25,28). The van der Waals surface area contributed by atoms with E-state index in [1.807, 2.05) is 0 Å². The van der Waals surface area contributed by atoms with Gasteiger partial charge < -0.3 is 5.32 Å². The SMILES string of the molecule is Cc1nn(Cc2ccc(F)cc2)c(C)c1NC(=O)C(F)(F)C(F)(F)C(F)(F)F. The highest BCUT2D eigenvalue weighted by Crippen LogP contribution is 2.47. The normalized spacial score (nSPS) is 12.9. The van der Waals surface area contributed by atoms with E-state index >= 15 is 0 Å². The van der Waals surface area contributed by atoms with Crippen LogP contribution in [-0.2, 0) is 11.3 Å². The molecule has 154 valence electrons. The van der Waals surface area contributed by atoms with Crippen LogP contribution in [0.15, 0.2) is 24.3 Å². The summed E-state index contributed by atoms with van der Waals surface area (Å²) in [7, 11) is 0. The molecular weight excluding hydrogens is 402 g/mol. The van der Waals surface area contributed by atoms with Crippen LogP contribution in [0.25, 0.3) is 0 Å². The molecule has 0 bridgehead atoms. The molecule has 1 amide bonds. The fourth-order valence-electron chi connectivity index (χ4n) is 2.31. The summed E-state index contributed by atoms with van der Waals surface area (Å²) in [5.41, 5.74) is 0.0592. The number of nitrogens with zero attached hydrogens (tertiary/aromatic N) is 2. The summed E-state index contributed by atoms with van der Waals surface area (Å²) >= 11 is 0. The molecule has 0 aliphatic carbocycles. The molecule has 0 radical (unpaired) electrons. The molecule has 0 aliphatic heterocycles. The first-order chi connectivity index (χ1) is 12.7. The van der Waals surface area contributed by atoms with Crippen molar-refractivity contribution in [3.8, 4) is 0 Å². The average Bonchev–Trinajstić information content (AvgIpc) is 2.83. The van der Waals surface area contributed by atoms with Crippen LogP contribution in [0.1, 0.15) is 17.0 Å². The number of carbonyl (C=O) groups excluding carboxylic acids is 1. The minimum Gasteiger partial charge on any atom is -0.317 e. The number of rotatable bonds is 5. The summed E-state index contributed by atoms with van der Waals surface area (Å²) in [6, 6.07) is 5.12. The van der Waals surface area contributed by atoms with Crippen molar-refractivity contribution in [1.82, 2.24) is 9.78 Å². The number of nitrogens with one attached hydrogen (secondary N) is 1. The third-order valence-corrected chi connectivity index (χ3v) is 3.90. The van der Waals surface area contributed by atoms with Crippen molar-refractivity contribution in [2.45, 2.75) is 38.4 Å². The second kappa shape index (κ2) is 7.06. The molecule has 1 N–H and O–H groups in total. The highest BCUT2D eigenvalue weighted by molar-refractivity contribution is 5.97. The summed E-state index contributed by atoms with van der Waals surface area (Å²) < 4.78 is 104. The second-order valence-corrected chi connectivity index (χ2v) is 5.93. The van der Waals surface area contributed by atoms with Gasteiger partial charge in [-0.25, -0.2) is 4.39 Å². The van der Waals surface area contributed by atoms with Gasteiger partial charge in [0.2, 0.25) is 0 Å². The molecule has 0 aliphatic rings. The van der Waals surface area contributed by atoms with Gasteiger partial charge in [-0.2, -0.15) is 35.8 Å². The smallest absolute Gasteiger partial charge is 0.317 e. The number of hydrogen-bond donors (Lipinski definition) is 1. The Balaban J connectivity index is 2.28. The number of aromatic nitrogens is 2. The molecule has 1 aromatic carbocycles. The van der Waals surface area contributed by atoms with E-state index in [-0.39, 0.29) is 17.9 Å². The van der Waals surface area contributed by atoms with Gasteiger partial charge in [-0.15, -0.1) is 0 Å². The minimum absolute atomic E-state index is 0.0118. The number of benzene rings is 1. The average molecular weight is 415 g/mol. The first-order valence-electron chi connectivity index (χ1n) is 7.60. The molecule has 0 unspecified atom stereocenters. The topological polar surface area (TPSA) is 46.9 Å². The van der Waals surface area contributed by atoms with E-state index in [0.29, 0.717) is 5.56 Å². The zero-order valence-corrected chi connectivity index (χ0v) is 14.3. The summed E-state index contributed by atoms with van der Waals surface area (Å²) in [4.78, 5) is 11.5. The Morgan fingerprint density at radius 3 is 2.07 bits per heavy atom. The molecule has 0 fully saturated rings. The molecular formula is C16H13F8N3O. The van der Waals surface area contributed by atoms with E-state index in [1.165, 1.54) is 36.0 Å². The van der Waals surface area contributed by atoms with Crippen molar-refractivity contribution in [3.05, 3.63) is 47.0 Å². The van der Waals surface area contributed by atoms with Crippen LogP contribution < -0.4 is 5.32 Å². The van der Waals surface area contributed by atoms with Gasteiger partial charge in [-0.05, 0) is 31.5 Å². The predicted molar refractivity (Wildman–Crippen MR) is 81.8 cm³/mol. The lowest BCUT2D eigenvalue weighted by Crippen LogP contribution is -2.57. The fraction of sp³-hybridized carbons (Fsp3) is 0.375. The Bertz CT molecular complexity index is 871. The fourth-order valence-corrected chi connectivity index (χ4v) is 2.31. The van der Waals surface area contributed by atoms with E-state index in [0.717, 1.165) is 12.1 Å². The largest absolute Gasteiger partial charge is 0.460 e. The Morgan fingerprint density at radius 2 is 1.57 bits per heavy atom.